The monoisotopic (exact) mass is 286 g/mol. The quantitative estimate of drug-likeness (QED) is 0.623. The van der Waals surface area contributed by atoms with E-state index >= 15 is 0 Å². The summed E-state index contributed by atoms with van der Waals surface area (Å²) in [6.07, 6.45) is 2.87. The van der Waals surface area contributed by atoms with Crippen molar-refractivity contribution >= 4 is 0 Å². The molecule has 1 aromatic rings. The van der Waals surface area contributed by atoms with E-state index in [4.69, 9.17) is 10.6 Å². The molecule has 20 heavy (non-hydrogen) atoms. The van der Waals surface area contributed by atoms with Gasteiger partial charge in [0.2, 0.25) is 0 Å². The van der Waals surface area contributed by atoms with Crippen molar-refractivity contribution < 1.29 is 18.3 Å². The van der Waals surface area contributed by atoms with Crippen LogP contribution in [0.2, 0.25) is 0 Å². The Labute approximate surface area is 117 Å². The van der Waals surface area contributed by atoms with Crippen LogP contribution in [0.25, 0.3) is 0 Å². The van der Waals surface area contributed by atoms with Crippen molar-refractivity contribution in [3.05, 3.63) is 29.8 Å². The first-order chi connectivity index (χ1) is 9.69. The zero-order valence-electron chi connectivity index (χ0n) is 11.2. The highest BCUT2D eigenvalue weighted by Gasteiger charge is 2.20. The molecule has 1 heterocycles. The highest BCUT2D eigenvalue weighted by Crippen LogP contribution is 2.29. The molecule has 4 nitrogen and oxygen atoms in total. The van der Waals surface area contributed by atoms with Gasteiger partial charge in [-0.25, -0.2) is 0 Å². The molecule has 0 amide bonds. The fourth-order valence-electron chi connectivity index (χ4n) is 2.52. The number of hydrogen-bond donors (Lipinski definition) is 2. The van der Waals surface area contributed by atoms with Gasteiger partial charge in [0.1, 0.15) is 5.75 Å². The highest BCUT2D eigenvalue weighted by atomic mass is 19.3. The third-order valence-corrected chi connectivity index (χ3v) is 3.60. The van der Waals surface area contributed by atoms with Gasteiger partial charge in [-0.1, -0.05) is 12.1 Å². The van der Waals surface area contributed by atoms with Gasteiger partial charge in [-0.2, -0.15) is 8.78 Å². The van der Waals surface area contributed by atoms with E-state index in [1.807, 2.05) is 6.07 Å². The minimum atomic E-state index is -2.81. The second kappa shape index (κ2) is 7.52. The second-order valence-corrected chi connectivity index (χ2v) is 4.96. The van der Waals surface area contributed by atoms with Crippen LogP contribution in [-0.4, -0.2) is 19.8 Å². The zero-order valence-corrected chi connectivity index (χ0v) is 11.2. The van der Waals surface area contributed by atoms with Gasteiger partial charge in [0, 0.05) is 19.3 Å². The van der Waals surface area contributed by atoms with Crippen molar-refractivity contribution in [3.63, 3.8) is 0 Å². The van der Waals surface area contributed by atoms with Gasteiger partial charge >= 0.3 is 6.61 Å². The van der Waals surface area contributed by atoms with Crippen molar-refractivity contribution in [3.8, 4) is 5.75 Å². The highest BCUT2D eigenvalue weighted by molar-refractivity contribution is 5.30. The van der Waals surface area contributed by atoms with E-state index in [0.29, 0.717) is 5.92 Å². The number of hydrazine groups is 1. The standard InChI is InChI=1S/C14H20F2N2O2/c15-14(16)20-12-3-1-2-11(9-12)13(18-17)8-10-4-6-19-7-5-10/h1-3,9-10,13-14,18H,4-8,17H2. The van der Waals surface area contributed by atoms with E-state index in [1.54, 1.807) is 12.1 Å². The lowest BCUT2D eigenvalue weighted by Crippen LogP contribution is -2.31. The van der Waals surface area contributed by atoms with E-state index < -0.39 is 6.61 Å². The molecular formula is C14H20F2N2O2. The van der Waals surface area contributed by atoms with Gasteiger partial charge in [-0.3, -0.25) is 11.3 Å². The summed E-state index contributed by atoms with van der Waals surface area (Å²) in [5.41, 5.74) is 3.62. The van der Waals surface area contributed by atoms with Crippen molar-refractivity contribution in [1.82, 2.24) is 5.43 Å². The van der Waals surface area contributed by atoms with Gasteiger partial charge in [0.25, 0.3) is 0 Å². The van der Waals surface area contributed by atoms with E-state index in [9.17, 15) is 8.78 Å². The molecule has 1 fully saturated rings. The third-order valence-electron chi connectivity index (χ3n) is 3.60. The first kappa shape index (κ1) is 15.2. The molecule has 2 rings (SSSR count). The van der Waals surface area contributed by atoms with Crippen molar-refractivity contribution in [2.45, 2.75) is 31.9 Å². The predicted octanol–water partition coefficient (Wildman–Crippen LogP) is 2.61. The molecule has 0 aromatic heterocycles. The topological polar surface area (TPSA) is 56.5 Å². The number of halogens is 2. The minimum absolute atomic E-state index is 0.0701. The van der Waals surface area contributed by atoms with Crippen LogP contribution in [0.1, 0.15) is 30.9 Å². The average molecular weight is 286 g/mol. The fourth-order valence-corrected chi connectivity index (χ4v) is 2.52. The second-order valence-electron chi connectivity index (χ2n) is 4.96. The molecule has 6 heteroatoms. The number of rotatable bonds is 6. The smallest absolute Gasteiger partial charge is 0.387 e. The Bertz CT molecular complexity index is 412. The molecular weight excluding hydrogens is 266 g/mol. The molecule has 1 aliphatic rings. The number of nitrogens with one attached hydrogen (secondary N) is 1. The molecule has 1 unspecified atom stereocenters. The lowest BCUT2D eigenvalue weighted by molar-refractivity contribution is -0.0499. The van der Waals surface area contributed by atoms with E-state index in [-0.39, 0.29) is 11.8 Å². The van der Waals surface area contributed by atoms with Crippen LogP contribution in [-0.2, 0) is 4.74 Å². The maximum absolute atomic E-state index is 12.2. The molecule has 0 saturated carbocycles. The number of benzene rings is 1. The summed E-state index contributed by atoms with van der Waals surface area (Å²) in [5, 5.41) is 0. The summed E-state index contributed by atoms with van der Waals surface area (Å²) in [6, 6.07) is 6.61. The number of nitrogens with two attached hydrogens (primary N) is 1. The predicted molar refractivity (Wildman–Crippen MR) is 71.3 cm³/mol. The van der Waals surface area contributed by atoms with Gasteiger partial charge in [-0.15, -0.1) is 0 Å². The Morgan fingerprint density at radius 1 is 1.35 bits per heavy atom. The van der Waals surface area contributed by atoms with Crippen LogP contribution in [0.5, 0.6) is 5.75 Å². The van der Waals surface area contributed by atoms with Crippen LogP contribution in [0, 0.1) is 5.92 Å². The van der Waals surface area contributed by atoms with Crippen LogP contribution < -0.4 is 16.0 Å². The summed E-state index contributed by atoms with van der Waals surface area (Å²) in [5.74, 6) is 6.29. The molecule has 0 radical (unpaired) electrons. The van der Waals surface area contributed by atoms with Crippen molar-refractivity contribution in [2.24, 2.45) is 11.8 Å². The molecule has 0 bridgehead atoms. The molecule has 0 spiro atoms. The lowest BCUT2D eigenvalue weighted by atomic mass is 9.90. The van der Waals surface area contributed by atoms with Crippen LogP contribution in [0.15, 0.2) is 24.3 Å². The van der Waals surface area contributed by atoms with E-state index in [2.05, 4.69) is 10.2 Å². The van der Waals surface area contributed by atoms with Crippen LogP contribution in [0.3, 0.4) is 0 Å². The average Bonchev–Trinajstić information content (AvgIpc) is 2.45. The van der Waals surface area contributed by atoms with Crippen LogP contribution in [0.4, 0.5) is 8.78 Å². The summed E-state index contributed by atoms with van der Waals surface area (Å²) < 4.78 is 34.2. The molecule has 112 valence electrons. The Hall–Kier alpha value is -1.24. The first-order valence-corrected chi connectivity index (χ1v) is 6.77. The molecule has 3 N–H and O–H groups in total. The third kappa shape index (κ3) is 4.40. The lowest BCUT2D eigenvalue weighted by Gasteiger charge is -2.26. The van der Waals surface area contributed by atoms with Crippen molar-refractivity contribution in [1.29, 1.82) is 0 Å². The Morgan fingerprint density at radius 3 is 2.75 bits per heavy atom. The number of ether oxygens (including phenoxy) is 2. The summed E-state index contributed by atoms with van der Waals surface area (Å²) in [4.78, 5) is 0. The number of hydrogen-bond acceptors (Lipinski definition) is 4. The minimum Gasteiger partial charge on any atom is -0.435 e. The van der Waals surface area contributed by atoms with Crippen LogP contribution >= 0.6 is 0 Å². The molecule has 1 saturated heterocycles. The zero-order chi connectivity index (χ0) is 14.4. The van der Waals surface area contributed by atoms with E-state index in [0.717, 1.165) is 38.0 Å². The van der Waals surface area contributed by atoms with Crippen molar-refractivity contribution in [2.75, 3.05) is 13.2 Å². The van der Waals surface area contributed by atoms with Gasteiger partial charge in [-0.05, 0) is 42.9 Å². The summed E-state index contributed by atoms with van der Waals surface area (Å²) in [6.45, 7) is -1.27. The Morgan fingerprint density at radius 2 is 2.10 bits per heavy atom. The van der Waals surface area contributed by atoms with Gasteiger partial charge < -0.3 is 9.47 Å². The SMILES string of the molecule is NNC(CC1CCOCC1)c1cccc(OC(F)F)c1. The Kier molecular flexibility index (Phi) is 5.70. The summed E-state index contributed by atoms with van der Waals surface area (Å²) in [7, 11) is 0. The fraction of sp³-hybridized carbons (Fsp3) is 0.571. The van der Waals surface area contributed by atoms with Gasteiger partial charge in [0.05, 0.1) is 0 Å². The Balaban J connectivity index is 2.02. The van der Waals surface area contributed by atoms with Gasteiger partial charge in [0.15, 0.2) is 0 Å². The van der Waals surface area contributed by atoms with E-state index in [1.165, 1.54) is 6.07 Å². The maximum atomic E-state index is 12.2. The first-order valence-electron chi connectivity index (χ1n) is 6.77. The maximum Gasteiger partial charge on any atom is 0.387 e. The number of alkyl halides is 2. The largest absolute Gasteiger partial charge is 0.435 e. The molecule has 0 aliphatic carbocycles. The normalized spacial score (nSPS) is 18.2. The molecule has 1 aromatic carbocycles. The molecule has 1 atom stereocenters. The molecule has 1 aliphatic heterocycles. The summed E-state index contributed by atoms with van der Waals surface area (Å²) >= 11 is 0.